The Morgan fingerprint density at radius 1 is 1.47 bits per heavy atom. The number of amides is 1. The topological polar surface area (TPSA) is 81.4 Å². The van der Waals surface area contributed by atoms with Gasteiger partial charge in [-0.15, -0.1) is 0 Å². The Kier molecular flexibility index (Phi) is 5.63. The molecule has 0 heterocycles. The summed E-state index contributed by atoms with van der Waals surface area (Å²) in [5.74, 6) is -1.01. The summed E-state index contributed by atoms with van der Waals surface area (Å²) in [5.41, 5.74) is 6.11. The zero-order chi connectivity index (χ0) is 14.4. The first-order chi connectivity index (χ1) is 8.93. The molecule has 0 saturated carbocycles. The second-order valence-electron chi connectivity index (χ2n) is 4.19. The Morgan fingerprint density at radius 2 is 2.16 bits per heavy atom. The molecule has 0 aromatic heterocycles. The summed E-state index contributed by atoms with van der Waals surface area (Å²) in [6.45, 7) is 3.48. The Hall–Kier alpha value is -1.75. The highest BCUT2D eigenvalue weighted by atomic mass is 35.5. The maximum Gasteiger partial charge on any atom is 0.340 e. The van der Waals surface area contributed by atoms with E-state index in [0.717, 1.165) is 6.42 Å². The average Bonchev–Trinajstić information content (AvgIpc) is 2.38. The monoisotopic (exact) mass is 284 g/mol. The lowest BCUT2D eigenvalue weighted by Gasteiger charge is -2.11. The van der Waals surface area contributed by atoms with E-state index >= 15 is 0 Å². The number of hydrogen-bond acceptors (Lipinski definition) is 4. The molecule has 1 aromatic rings. The van der Waals surface area contributed by atoms with Crippen molar-refractivity contribution in [2.45, 2.75) is 26.3 Å². The van der Waals surface area contributed by atoms with Crippen molar-refractivity contribution in [3.05, 3.63) is 28.8 Å². The fourth-order valence-corrected chi connectivity index (χ4v) is 1.52. The number of carbonyl (C=O) groups is 2. The molecule has 0 aliphatic heterocycles. The maximum atomic E-state index is 11.7. The number of rotatable bonds is 5. The van der Waals surface area contributed by atoms with Crippen LogP contribution in [0.4, 0.5) is 5.69 Å². The van der Waals surface area contributed by atoms with Gasteiger partial charge in [0, 0.05) is 11.7 Å². The van der Waals surface area contributed by atoms with Crippen molar-refractivity contribution in [1.82, 2.24) is 5.32 Å². The highest BCUT2D eigenvalue weighted by Crippen LogP contribution is 2.19. The van der Waals surface area contributed by atoms with Crippen molar-refractivity contribution in [2.24, 2.45) is 0 Å². The van der Waals surface area contributed by atoms with Crippen LogP contribution in [0.15, 0.2) is 18.2 Å². The highest BCUT2D eigenvalue weighted by Gasteiger charge is 2.14. The molecule has 1 aromatic carbocycles. The molecule has 104 valence electrons. The molecule has 1 unspecified atom stereocenters. The fraction of sp³-hybridized carbons (Fsp3) is 0.385. The molecule has 1 amide bonds. The van der Waals surface area contributed by atoms with Gasteiger partial charge >= 0.3 is 5.97 Å². The standard InChI is InChI=1S/C13H17ClN2O3/c1-3-8(2)16-12(17)7-19-13(18)10-6-9(15)4-5-11(10)14/h4-6,8H,3,7,15H2,1-2H3,(H,16,17). The maximum absolute atomic E-state index is 11.7. The van der Waals surface area contributed by atoms with Gasteiger partial charge in [-0.2, -0.15) is 0 Å². The van der Waals surface area contributed by atoms with E-state index in [1.165, 1.54) is 12.1 Å². The summed E-state index contributed by atoms with van der Waals surface area (Å²) >= 11 is 5.86. The van der Waals surface area contributed by atoms with Crippen molar-refractivity contribution in [2.75, 3.05) is 12.3 Å². The minimum atomic E-state index is -0.670. The second kappa shape index (κ2) is 6.99. The van der Waals surface area contributed by atoms with E-state index < -0.39 is 5.97 Å². The van der Waals surface area contributed by atoms with Gasteiger partial charge in [0.25, 0.3) is 5.91 Å². The van der Waals surface area contributed by atoms with E-state index in [1.54, 1.807) is 6.07 Å². The molecule has 0 aliphatic carbocycles. The van der Waals surface area contributed by atoms with Crippen LogP contribution < -0.4 is 11.1 Å². The van der Waals surface area contributed by atoms with Crippen LogP contribution in [0.2, 0.25) is 5.02 Å². The number of nitrogen functional groups attached to an aromatic ring is 1. The third-order valence-corrected chi connectivity index (χ3v) is 2.89. The first-order valence-corrected chi connectivity index (χ1v) is 6.33. The van der Waals surface area contributed by atoms with Crippen LogP contribution in [0.1, 0.15) is 30.6 Å². The van der Waals surface area contributed by atoms with Gasteiger partial charge in [0.1, 0.15) is 0 Å². The van der Waals surface area contributed by atoms with Gasteiger partial charge in [0.2, 0.25) is 0 Å². The van der Waals surface area contributed by atoms with Gasteiger partial charge in [-0.1, -0.05) is 18.5 Å². The fourth-order valence-electron chi connectivity index (χ4n) is 1.33. The minimum Gasteiger partial charge on any atom is -0.452 e. The quantitative estimate of drug-likeness (QED) is 0.640. The average molecular weight is 285 g/mol. The zero-order valence-electron chi connectivity index (χ0n) is 10.9. The van der Waals surface area contributed by atoms with Crippen molar-refractivity contribution in [3.8, 4) is 0 Å². The smallest absolute Gasteiger partial charge is 0.340 e. The number of ether oxygens (including phenoxy) is 1. The van der Waals surface area contributed by atoms with Gasteiger partial charge in [0.15, 0.2) is 6.61 Å². The largest absolute Gasteiger partial charge is 0.452 e. The molecule has 1 rings (SSSR count). The normalized spacial score (nSPS) is 11.7. The van der Waals surface area contributed by atoms with Crippen LogP contribution in [0, 0.1) is 0 Å². The predicted molar refractivity (Wildman–Crippen MR) is 74.0 cm³/mol. The molecule has 6 heteroatoms. The first kappa shape index (κ1) is 15.3. The van der Waals surface area contributed by atoms with Crippen LogP contribution in [0.25, 0.3) is 0 Å². The molecule has 3 N–H and O–H groups in total. The van der Waals surface area contributed by atoms with Crippen LogP contribution >= 0.6 is 11.6 Å². The van der Waals surface area contributed by atoms with Crippen LogP contribution in [-0.2, 0) is 9.53 Å². The Labute approximate surface area is 117 Å². The number of nitrogens with one attached hydrogen (secondary N) is 1. The Bertz CT molecular complexity index is 477. The summed E-state index contributed by atoms with van der Waals surface area (Å²) < 4.78 is 4.88. The van der Waals surface area contributed by atoms with Gasteiger partial charge in [-0.05, 0) is 31.5 Å². The minimum absolute atomic E-state index is 0.0437. The molecule has 19 heavy (non-hydrogen) atoms. The third-order valence-electron chi connectivity index (χ3n) is 2.56. The van der Waals surface area contributed by atoms with Gasteiger partial charge in [0.05, 0.1) is 10.6 Å². The van der Waals surface area contributed by atoms with Crippen LogP contribution in [0.5, 0.6) is 0 Å². The highest BCUT2D eigenvalue weighted by molar-refractivity contribution is 6.33. The lowest BCUT2D eigenvalue weighted by Crippen LogP contribution is -2.35. The molecular weight excluding hydrogens is 268 g/mol. The van der Waals surface area contributed by atoms with E-state index in [1.807, 2.05) is 13.8 Å². The van der Waals surface area contributed by atoms with E-state index in [0.29, 0.717) is 5.69 Å². The van der Waals surface area contributed by atoms with Gasteiger partial charge in [-0.25, -0.2) is 4.79 Å². The summed E-state index contributed by atoms with van der Waals surface area (Å²) in [7, 11) is 0. The summed E-state index contributed by atoms with van der Waals surface area (Å²) in [6.07, 6.45) is 0.806. The lowest BCUT2D eigenvalue weighted by molar-refractivity contribution is -0.124. The first-order valence-electron chi connectivity index (χ1n) is 5.95. The molecule has 0 spiro atoms. The molecule has 5 nitrogen and oxygen atoms in total. The molecule has 0 aliphatic rings. The number of hydrogen-bond donors (Lipinski definition) is 2. The Balaban J connectivity index is 2.56. The molecule has 1 atom stereocenters. The van der Waals surface area contributed by atoms with Crippen molar-refractivity contribution in [3.63, 3.8) is 0 Å². The summed E-state index contributed by atoms with van der Waals surface area (Å²) in [4.78, 5) is 23.2. The van der Waals surface area contributed by atoms with E-state index in [2.05, 4.69) is 5.32 Å². The predicted octanol–water partition coefficient (Wildman–Crippen LogP) is 1.99. The third kappa shape index (κ3) is 4.79. The van der Waals surface area contributed by atoms with Crippen LogP contribution in [0.3, 0.4) is 0 Å². The van der Waals surface area contributed by atoms with Crippen molar-refractivity contribution in [1.29, 1.82) is 0 Å². The van der Waals surface area contributed by atoms with Gasteiger partial charge < -0.3 is 15.8 Å². The number of esters is 1. The summed E-state index contributed by atoms with van der Waals surface area (Å²) in [6, 6.07) is 4.54. The SMILES string of the molecule is CCC(C)NC(=O)COC(=O)c1cc(N)ccc1Cl. The summed E-state index contributed by atoms with van der Waals surface area (Å²) in [5, 5.41) is 2.93. The second-order valence-corrected chi connectivity index (χ2v) is 4.60. The Morgan fingerprint density at radius 3 is 2.79 bits per heavy atom. The van der Waals surface area contributed by atoms with E-state index in [4.69, 9.17) is 22.1 Å². The molecule has 0 radical (unpaired) electrons. The number of nitrogens with two attached hydrogens (primary N) is 1. The molecule has 0 bridgehead atoms. The number of anilines is 1. The van der Waals surface area contributed by atoms with E-state index in [-0.39, 0.29) is 29.1 Å². The van der Waals surface area contributed by atoms with Crippen LogP contribution in [-0.4, -0.2) is 24.5 Å². The lowest BCUT2D eigenvalue weighted by atomic mass is 10.2. The van der Waals surface area contributed by atoms with Gasteiger partial charge in [-0.3, -0.25) is 4.79 Å². The zero-order valence-corrected chi connectivity index (χ0v) is 11.7. The number of halogens is 1. The van der Waals surface area contributed by atoms with Crippen molar-refractivity contribution < 1.29 is 14.3 Å². The number of benzene rings is 1. The molecule has 0 saturated heterocycles. The molecular formula is C13H17ClN2O3. The van der Waals surface area contributed by atoms with E-state index in [9.17, 15) is 9.59 Å². The van der Waals surface area contributed by atoms with Crippen molar-refractivity contribution >= 4 is 29.2 Å². The molecule has 0 fully saturated rings. The number of carbonyl (C=O) groups excluding carboxylic acids is 2.